The Kier molecular flexibility index (Phi) is 2.65. The van der Waals surface area contributed by atoms with Crippen LogP contribution in [0.5, 0.6) is 0 Å². The number of thiophene rings is 1. The van der Waals surface area contributed by atoms with E-state index in [2.05, 4.69) is 21.0 Å². The van der Waals surface area contributed by atoms with E-state index in [4.69, 9.17) is 5.73 Å². The molecule has 0 saturated carbocycles. The summed E-state index contributed by atoms with van der Waals surface area (Å²) in [5, 5.41) is 2.06. The topological polar surface area (TPSA) is 43.8 Å². The first-order chi connectivity index (χ1) is 6.81. The van der Waals surface area contributed by atoms with Crippen molar-refractivity contribution in [2.75, 3.05) is 6.54 Å². The maximum Gasteiger partial charge on any atom is 0.150 e. The van der Waals surface area contributed by atoms with E-state index in [0.29, 0.717) is 6.54 Å². The Hall–Kier alpha value is -1.13. The molecule has 0 aromatic carbocycles. The van der Waals surface area contributed by atoms with E-state index in [-0.39, 0.29) is 0 Å². The third-order valence-corrected chi connectivity index (χ3v) is 2.93. The molecule has 0 unspecified atom stereocenters. The molecule has 2 heterocycles. The minimum atomic E-state index is 0.654. The first-order valence-electron chi connectivity index (χ1n) is 4.57. The highest BCUT2D eigenvalue weighted by molar-refractivity contribution is 7.13. The van der Waals surface area contributed by atoms with Gasteiger partial charge < -0.3 is 10.3 Å². The second-order valence-corrected chi connectivity index (χ2v) is 4.13. The van der Waals surface area contributed by atoms with Gasteiger partial charge in [0.05, 0.1) is 10.6 Å². The van der Waals surface area contributed by atoms with Gasteiger partial charge in [-0.05, 0) is 18.0 Å². The third kappa shape index (κ3) is 1.71. The highest BCUT2D eigenvalue weighted by Crippen LogP contribution is 2.23. The molecule has 0 bridgehead atoms. The van der Waals surface area contributed by atoms with Crippen molar-refractivity contribution in [2.24, 2.45) is 12.8 Å². The maximum atomic E-state index is 5.49. The molecule has 2 N–H and O–H groups in total. The summed E-state index contributed by atoms with van der Waals surface area (Å²) < 4.78 is 2.05. The number of nitrogens with zero attached hydrogens (tertiary/aromatic N) is 2. The molecule has 0 amide bonds. The second kappa shape index (κ2) is 3.94. The van der Waals surface area contributed by atoms with Crippen LogP contribution in [0.1, 0.15) is 5.69 Å². The van der Waals surface area contributed by atoms with Crippen molar-refractivity contribution in [3.63, 3.8) is 0 Å². The van der Waals surface area contributed by atoms with Crippen molar-refractivity contribution in [2.45, 2.75) is 6.42 Å². The summed E-state index contributed by atoms with van der Waals surface area (Å²) in [5.41, 5.74) is 6.56. The zero-order valence-electron chi connectivity index (χ0n) is 8.10. The third-order valence-electron chi connectivity index (χ3n) is 2.07. The molecule has 2 aromatic heterocycles. The predicted octanol–water partition coefficient (Wildman–Crippen LogP) is 1.65. The Morgan fingerprint density at radius 2 is 2.43 bits per heavy atom. The van der Waals surface area contributed by atoms with Gasteiger partial charge in [0.15, 0.2) is 0 Å². The quantitative estimate of drug-likeness (QED) is 0.831. The smallest absolute Gasteiger partial charge is 0.150 e. The first-order valence-corrected chi connectivity index (χ1v) is 5.45. The fraction of sp³-hybridized carbons (Fsp3) is 0.300. The lowest BCUT2D eigenvalue weighted by atomic mass is 10.3. The SMILES string of the molecule is Cn1cc(CCN)nc1-c1cccs1. The fourth-order valence-corrected chi connectivity index (χ4v) is 2.19. The number of hydrogen-bond acceptors (Lipinski definition) is 3. The minimum Gasteiger partial charge on any atom is -0.333 e. The Bertz CT molecular complexity index is 403. The van der Waals surface area contributed by atoms with Crippen LogP contribution in [-0.4, -0.2) is 16.1 Å². The van der Waals surface area contributed by atoms with Crippen LogP contribution in [0.2, 0.25) is 0 Å². The molecule has 2 aromatic rings. The van der Waals surface area contributed by atoms with E-state index in [1.54, 1.807) is 11.3 Å². The molecule has 0 aliphatic heterocycles. The van der Waals surface area contributed by atoms with E-state index >= 15 is 0 Å². The zero-order chi connectivity index (χ0) is 9.97. The standard InChI is InChI=1S/C10H13N3S/c1-13-7-8(4-5-11)12-10(13)9-3-2-6-14-9/h2-3,6-7H,4-5,11H2,1H3. The van der Waals surface area contributed by atoms with Gasteiger partial charge in [0.25, 0.3) is 0 Å². The van der Waals surface area contributed by atoms with E-state index < -0.39 is 0 Å². The molecule has 74 valence electrons. The molecule has 4 heteroatoms. The van der Waals surface area contributed by atoms with Crippen molar-refractivity contribution in [3.8, 4) is 10.7 Å². The Balaban J connectivity index is 2.35. The largest absolute Gasteiger partial charge is 0.333 e. The normalized spacial score (nSPS) is 10.7. The maximum absolute atomic E-state index is 5.49. The summed E-state index contributed by atoms with van der Waals surface area (Å²) >= 11 is 1.71. The molecule has 0 radical (unpaired) electrons. The van der Waals surface area contributed by atoms with Gasteiger partial charge in [0.1, 0.15) is 5.82 Å². The van der Waals surface area contributed by atoms with E-state index in [1.165, 1.54) is 4.88 Å². The van der Waals surface area contributed by atoms with Gasteiger partial charge in [0.2, 0.25) is 0 Å². The van der Waals surface area contributed by atoms with Crippen molar-refractivity contribution < 1.29 is 0 Å². The zero-order valence-corrected chi connectivity index (χ0v) is 8.92. The van der Waals surface area contributed by atoms with Crippen LogP contribution in [0, 0.1) is 0 Å². The summed E-state index contributed by atoms with van der Waals surface area (Å²) in [4.78, 5) is 5.74. The molecule has 0 fully saturated rings. The van der Waals surface area contributed by atoms with Gasteiger partial charge in [-0.25, -0.2) is 4.98 Å². The van der Waals surface area contributed by atoms with Gasteiger partial charge >= 0.3 is 0 Å². The average Bonchev–Trinajstić information content (AvgIpc) is 2.74. The lowest BCUT2D eigenvalue weighted by Crippen LogP contribution is -2.02. The van der Waals surface area contributed by atoms with Crippen LogP contribution in [0.15, 0.2) is 23.7 Å². The van der Waals surface area contributed by atoms with Crippen LogP contribution < -0.4 is 5.73 Å². The van der Waals surface area contributed by atoms with Gasteiger partial charge in [-0.1, -0.05) is 6.07 Å². The van der Waals surface area contributed by atoms with E-state index in [9.17, 15) is 0 Å². The molecule has 0 aliphatic carbocycles. The Morgan fingerprint density at radius 1 is 1.57 bits per heavy atom. The van der Waals surface area contributed by atoms with Gasteiger partial charge in [-0.2, -0.15) is 0 Å². The number of rotatable bonds is 3. The van der Waals surface area contributed by atoms with Crippen LogP contribution in [0.25, 0.3) is 10.7 Å². The number of hydrogen-bond donors (Lipinski definition) is 1. The first kappa shape index (κ1) is 9.43. The summed E-state index contributed by atoms with van der Waals surface area (Å²) in [6, 6.07) is 4.12. The summed E-state index contributed by atoms with van der Waals surface area (Å²) in [7, 11) is 2.02. The van der Waals surface area contributed by atoms with Crippen molar-refractivity contribution in [1.29, 1.82) is 0 Å². The lowest BCUT2D eigenvalue weighted by Gasteiger charge is -1.95. The molecule has 0 saturated heterocycles. The lowest BCUT2D eigenvalue weighted by molar-refractivity contribution is 0.914. The van der Waals surface area contributed by atoms with Crippen molar-refractivity contribution >= 4 is 11.3 Å². The summed E-state index contributed by atoms with van der Waals surface area (Å²) in [5.74, 6) is 1.03. The molecule has 2 rings (SSSR count). The van der Waals surface area contributed by atoms with E-state index in [1.807, 2.05) is 19.3 Å². The molecule has 3 nitrogen and oxygen atoms in total. The number of aryl methyl sites for hydroxylation is 1. The molecule has 0 atom stereocenters. The van der Waals surface area contributed by atoms with Crippen molar-refractivity contribution in [3.05, 3.63) is 29.4 Å². The van der Waals surface area contributed by atoms with Crippen LogP contribution in [-0.2, 0) is 13.5 Å². The van der Waals surface area contributed by atoms with E-state index in [0.717, 1.165) is 17.9 Å². The summed E-state index contributed by atoms with van der Waals surface area (Å²) in [6.07, 6.45) is 2.89. The highest BCUT2D eigenvalue weighted by Gasteiger charge is 2.07. The van der Waals surface area contributed by atoms with Crippen LogP contribution in [0.4, 0.5) is 0 Å². The fourth-order valence-electron chi connectivity index (χ4n) is 1.43. The molecular weight excluding hydrogens is 194 g/mol. The Labute approximate surface area is 87.2 Å². The van der Waals surface area contributed by atoms with Gasteiger partial charge in [-0.15, -0.1) is 11.3 Å². The summed E-state index contributed by atoms with van der Waals surface area (Å²) in [6.45, 7) is 0.654. The Morgan fingerprint density at radius 3 is 3.07 bits per heavy atom. The second-order valence-electron chi connectivity index (χ2n) is 3.18. The van der Waals surface area contributed by atoms with Crippen LogP contribution in [0.3, 0.4) is 0 Å². The molecular formula is C10H13N3S. The molecule has 0 aliphatic rings. The number of imidazole rings is 1. The van der Waals surface area contributed by atoms with Gasteiger partial charge in [-0.3, -0.25) is 0 Å². The van der Waals surface area contributed by atoms with Crippen LogP contribution >= 0.6 is 11.3 Å². The van der Waals surface area contributed by atoms with Gasteiger partial charge in [0, 0.05) is 19.7 Å². The van der Waals surface area contributed by atoms with Crippen molar-refractivity contribution in [1.82, 2.24) is 9.55 Å². The predicted molar refractivity (Wildman–Crippen MR) is 59.3 cm³/mol. The number of nitrogens with two attached hydrogens (primary N) is 1. The highest BCUT2D eigenvalue weighted by atomic mass is 32.1. The molecule has 14 heavy (non-hydrogen) atoms. The average molecular weight is 207 g/mol. The minimum absolute atomic E-state index is 0.654. The molecule has 0 spiro atoms. The number of aromatic nitrogens is 2. The monoisotopic (exact) mass is 207 g/mol.